The minimum atomic E-state index is 0.942. The van der Waals surface area contributed by atoms with Gasteiger partial charge in [-0.25, -0.2) is 4.98 Å². The van der Waals surface area contributed by atoms with Gasteiger partial charge in [0.05, 0.1) is 11.0 Å². The molecule has 0 aliphatic carbocycles. The Labute approximate surface area is 273 Å². The molecular formula is C45H30N2. The average molecular weight is 599 g/mol. The van der Waals surface area contributed by atoms with Crippen LogP contribution in [0, 0.1) is 0 Å². The molecule has 9 aromatic rings. The second-order valence-corrected chi connectivity index (χ2v) is 12.0. The van der Waals surface area contributed by atoms with Gasteiger partial charge in [0, 0.05) is 11.3 Å². The van der Waals surface area contributed by atoms with Crippen molar-refractivity contribution in [2.24, 2.45) is 0 Å². The molecule has 0 fully saturated rings. The van der Waals surface area contributed by atoms with Gasteiger partial charge in [0.15, 0.2) is 0 Å². The molecule has 0 spiro atoms. The number of nitrogens with zero attached hydrogens (tertiary/aromatic N) is 2. The highest BCUT2D eigenvalue weighted by Crippen LogP contribution is 2.44. The predicted octanol–water partition coefficient (Wildman–Crippen LogP) is 12.0. The van der Waals surface area contributed by atoms with Crippen LogP contribution >= 0.6 is 0 Å². The minimum absolute atomic E-state index is 0.942. The maximum atomic E-state index is 5.05. The number of imidazole rings is 1. The quantitative estimate of drug-likeness (QED) is 0.180. The molecule has 0 amide bonds. The summed E-state index contributed by atoms with van der Waals surface area (Å²) in [6, 6.07) is 65.1. The van der Waals surface area contributed by atoms with E-state index in [1.54, 1.807) is 0 Å². The third-order valence-electron chi connectivity index (χ3n) is 9.20. The first-order chi connectivity index (χ1) is 23.3. The second-order valence-electron chi connectivity index (χ2n) is 12.0. The van der Waals surface area contributed by atoms with E-state index in [1.807, 2.05) is 6.07 Å². The topological polar surface area (TPSA) is 17.8 Å². The molecule has 0 atom stereocenters. The van der Waals surface area contributed by atoms with Crippen LogP contribution in [-0.4, -0.2) is 9.55 Å². The third-order valence-corrected chi connectivity index (χ3v) is 9.20. The van der Waals surface area contributed by atoms with Gasteiger partial charge in [-0.1, -0.05) is 152 Å². The molecular weight excluding hydrogens is 569 g/mol. The monoisotopic (exact) mass is 598 g/mol. The van der Waals surface area contributed by atoms with Crippen molar-refractivity contribution in [1.29, 1.82) is 0 Å². The van der Waals surface area contributed by atoms with Crippen molar-refractivity contribution >= 4 is 32.6 Å². The Morgan fingerprint density at radius 2 is 0.830 bits per heavy atom. The number of para-hydroxylation sites is 2. The van der Waals surface area contributed by atoms with Gasteiger partial charge in [-0.15, -0.1) is 0 Å². The molecule has 0 aliphatic heterocycles. The second kappa shape index (κ2) is 11.3. The van der Waals surface area contributed by atoms with Crippen molar-refractivity contribution in [3.63, 3.8) is 0 Å². The summed E-state index contributed by atoms with van der Waals surface area (Å²) in [6.07, 6.45) is 0. The Balaban J connectivity index is 1.23. The van der Waals surface area contributed by atoms with Gasteiger partial charge in [0.25, 0.3) is 0 Å². The lowest BCUT2D eigenvalue weighted by molar-refractivity contribution is 1.10. The number of aromatic nitrogens is 2. The third kappa shape index (κ3) is 4.62. The molecule has 0 aliphatic rings. The summed E-state index contributed by atoms with van der Waals surface area (Å²) in [5.41, 5.74) is 11.6. The zero-order valence-electron chi connectivity index (χ0n) is 25.7. The lowest BCUT2D eigenvalue weighted by Gasteiger charge is -2.18. The van der Waals surface area contributed by atoms with Gasteiger partial charge < -0.3 is 0 Å². The van der Waals surface area contributed by atoms with Crippen LogP contribution in [0.1, 0.15) is 0 Å². The van der Waals surface area contributed by atoms with Crippen LogP contribution in [0.3, 0.4) is 0 Å². The molecule has 47 heavy (non-hydrogen) atoms. The van der Waals surface area contributed by atoms with Crippen molar-refractivity contribution in [1.82, 2.24) is 9.55 Å². The fourth-order valence-corrected chi connectivity index (χ4v) is 7.08. The number of fused-ring (bicyclic) bond motifs is 3. The first-order valence-corrected chi connectivity index (χ1v) is 16.1. The predicted molar refractivity (Wildman–Crippen MR) is 198 cm³/mol. The summed E-state index contributed by atoms with van der Waals surface area (Å²) >= 11 is 0. The lowest BCUT2D eigenvalue weighted by atomic mass is 9.85. The van der Waals surface area contributed by atoms with Crippen LogP contribution < -0.4 is 0 Å². The largest absolute Gasteiger partial charge is 0.292 e. The highest BCUT2D eigenvalue weighted by molar-refractivity contribution is 6.21. The fourth-order valence-electron chi connectivity index (χ4n) is 7.08. The van der Waals surface area contributed by atoms with Gasteiger partial charge in [-0.3, -0.25) is 4.57 Å². The first-order valence-electron chi connectivity index (χ1n) is 16.1. The van der Waals surface area contributed by atoms with Crippen molar-refractivity contribution < 1.29 is 0 Å². The molecule has 1 heterocycles. The van der Waals surface area contributed by atoms with Crippen molar-refractivity contribution in [3.8, 4) is 50.5 Å². The fraction of sp³-hybridized carbons (Fsp3) is 0. The zero-order valence-corrected chi connectivity index (χ0v) is 25.7. The van der Waals surface area contributed by atoms with Crippen LogP contribution in [-0.2, 0) is 0 Å². The normalized spacial score (nSPS) is 11.4. The summed E-state index contributed by atoms with van der Waals surface area (Å²) < 4.78 is 2.27. The molecule has 0 saturated carbocycles. The molecule has 220 valence electrons. The zero-order chi connectivity index (χ0) is 31.2. The highest BCUT2D eigenvalue weighted by atomic mass is 15.1. The Kier molecular flexibility index (Phi) is 6.50. The van der Waals surface area contributed by atoms with Crippen LogP contribution in [0.25, 0.3) is 83.0 Å². The van der Waals surface area contributed by atoms with Gasteiger partial charge in [-0.2, -0.15) is 0 Å². The molecule has 0 N–H and O–H groups in total. The summed E-state index contributed by atoms with van der Waals surface area (Å²) in [5.74, 6) is 0.942. The number of hydrogen-bond donors (Lipinski definition) is 0. The summed E-state index contributed by atoms with van der Waals surface area (Å²) in [4.78, 5) is 5.05. The molecule has 1 aromatic heterocycles. The molecule has 2 heteroatoms. The molecule has 8 aromatic carbocycles. The maximum Gasteiger partial charge on any atom is 0.145 e. The van der Waals surface area contributed by atoms with E-state index in [9.17, 15) is 0 Å². The first kappa shape index (κ1) is 27.1. The van der Waals surface area contributed by atoms with E-state index in [4.69, 9.17) is 4.98 Å². The van der Waals surface area contributed by atoms with Crippen LogP contribution in [0.5, 0.6) is 0 Å². The van der Waals surface area contributed by atoms with Crippen molar-refractivity contribution in [3.05, 3.63) is 182 Å². The van der Waals surface area contributed by atoms with Crippen LogP contribution in [0.2, 0.25) is 0 Å². The average Bonchev–Trinajstić information content (AvgIpc) is 3.54. The van der Waals surface area contributed by atoms with Crippen molar-refractivity contribution in [2.75, 3.05) is 0 Å². The van der Waals surface area contributed by atoms with E-state index < -0.39 is 0 Å². The highest BCUT2D eigenvalue weighted by Gasteiger charge is 2.18. The molecule has 0 saturated heterocycles. The number of hydrogen-bond acceptors (Lipinski definition) is 1. The van der Waals surface area contributed by atoms with E-state index in [-0.39, 0.29) is 0 Å². The number of benzene rings is 8. The van der Waals surface area contributed by atoms with Crippen LogP contribution in [0.4, 0.5) is 0 Å². The molecule has 0 radical (unpaired) electrons. The molecule has 2 nitrogen and oxygen atoms in total. The van der Waals surface area contributed by atoms with Gasteiger partial charge in [0.1, 0.15) is 5.82 Å². The smallest absolute Gasteiger partial charge is 0.145 e. The van der Waals surface area contributed by atoms with E-state index >= 15 is 0 Å². The standard InChI is InChI=1S/C45H30N2/c1-3-14-31(15-4-1)34-18-13-19-35(30-34)44-39-22-9-7-20-37(39)43(38-21-8-10-23-40(38)44)32-26-28-36(29-27-32)47-42-25-12-11-24-41(42)46-45(47)33-16-5-2-6-17-33/h1-30H. The van der Waals surface area contributed by atoms with Gasteiger partial charge in [0.2, 0.25) is 0 Å². The Bertz CT molecular complexity index is 2490. The van der Waals surface area contributed by atoms with Crippen LogP contribution in [0.15, 0.2) is 182 Å². The Morgan fingerprint density at radius 1 is 0.340 bits per heavy atom. The maximum absolute atomic E-state index is 5.05. The molecule has 0 unspecified atom stereocenters. The Morgan fingerprint density at radius 3 is 1.47 bits per heavy atom. The van der Waals surface area contributed by atoms with E-state index in [2.05, 4.69) is 180 Å². The summed E-state index contributed by atoms with van der Waals surface area (Å²) in [5, 5.41) is 5.00. The summed E-state index contributed by atoms with van der Waals surface area (Å²) in [6.45, 7) is 0. The van der Waals surface area contributed by atoms with E-state index in [0.717, 1.165) is 28.1 Å². The Hall–Kier alpha value is -6.25. The SMILES string of the molecule is c1ccc(-c2cccc(-c3c4ccccc4c(-c4ccc(-n5c(-c6ccccc6)nc6ccccc65)cc4)c4ccccc34)c2)cc1. The lowest BCUT2D eigenvalue weighted by Crippen LogP contribution is -1.98. The van der Waals surface area contributed by atoms with Crippen molar-refractivity contribution in [2.45, 2.75) is 0 Å². The summed E-state index contributed by atoms with van der Waals surface area (Å²) in [7, 11) is 0. The number of rotatable bonds is 5. The van der Waals surface area contributed by atoms with E-state index in [0.29, 0.717) is 0 Å². The van der Waals surface area contributed by atoms with Gasteiger partial charge in [-0.05, 0) is 85.3 Å². The van der Waals surface area contributed by atoms with E-state index in [1.165, 1.54) is 54.9 Å². The molecule has 0 bridgehead atoms. The molecule has 9 rings (SSSR count). The van der Waals surface area contributed by atoms with Gasteiger partial charge >= 0.3 is 0 Å². The minimum Gasteiger partial charge on any atom is -0.292 e.